The van der Waals surface area contributed by atoms with E-state index in [1.807, 2.05) is 12.5 Å². The average molecular weight is 247 g/mol. The molecule has 3 nitrogen and oxygen atoms in total. The van der Waals surface area contributed by atoms with Crippen molar-refractivity contribution in [2.75, 3.05) is 13.1 Å². The van der Waals surface area contributed by atoms with Crippen LogP contribution < -0.4 is 5.32 Å². The van der Waals surface area contributed by atoms with E-state index in [0.29, 0.717) is 0 Å². The van der Waals surface area contributed by atoms with E-state index in [1.54, 1.807) is 11.3 Å². The minimum Gasteiger partial charge on any atom is -0.330 e. The first-order chi connectivity index (χ1) is 8.28. The summed E-state index contributed by atoms with van der Waals surface area (Å²) >= 11 is 1.75. The van der Waals surface area contributed by atoms with Crippen LogP contribution in [0.1, 0.15) is 24.6 Å². The molecular formula is C13H17N3S. The summed E-state index contributed by atoms with van der Waals surface area (Å²) in [5.41, 5.74) is 2.96. The topological polar surface area (TPSA) is 29.9 Å². The Labute approximate surface area is 106 Å². The van der Waals surface area contributed by atoms with Crippen molar-refractivity contribution in [2.24, 2.45) is 0 Å². The lowest BCUT2D eigenvalue weighted by Crippen LogP contribution is -2.28. The largest absolute Gasteiger partial charge is 0.330 e. The number of rotatable bonds is 3. The normalized spacial score (nSPS) is 24.3. The Morgan fingerprint density at radius 3 is 3.24 bits per heavy atom. The molecule has 17 heavy (non-hydrogen) atoms. The van der Waals surface area contributed by atoms with Gasteiger partial charge in [-0.05, 0) is 35.4 Å². The van der Waals surface area contributed by atoms with Crippen LogP contribution in [0.15, 0.2) is 29.4 Å². The highest BCUT2D eigenvalue weighted by atomic mass is 32.1. The average Bonchev–Trinajstić information content (AvgIpc) is 3.00. The molecule has 0 bridgehead atoms. The van der Waals surface area contributed by atoms with E-state index in [9.17, 15) is 0 Å². The summed E-state index contributed by atoms with van der Waals surface area (Å²) in [5, 5.41) is 7.79. The highest BCUT2D eigenvalue weighted by Crippen LogP contribution is 2.30. The Morgan fingerprint density at radius 1 is 1.59 bits per heavy atom. The summed E-state index contributed by atoms with van der Waals surface area (Å²) in [6.07, 6.45) is 5.18. The van der Waals surface area contributed by atoms with Crippen molar-refractivity contribution < 1.29 is 0 Å². The van der Waals surface area contributed by atoms with Crippen LogP contribution in [0, 0.1) is 0 Å². The molecule has 1 saturated heterocycles. The van der Waals surface area contributed by atoms with E-state index in [1.165, 1.54) is 17.7 Å². The second-order valence-corrected chi connectivity index (χ2v) is 5.81. The molecule has 0 radical (unpaired) electrons. The van der Waals surface area contributed by atoms with Crippen molar-refractivity contribution in [1.29, 1.82) is 0 Å². The summed E-state index contributed by atoms with van der Waals surface area (Å²) in [6, 6.07) is 2.18. The lowest BCUT2D eigenvalue weighted by Gasteiger charge is -2.24. The maximum atomic E-state index is 4.33. The van der Waals surface area contributed by atoms with Crippen molar-refractivity contribution in [3.05, 3.63) is 40.6 Å². The van der Waals surface area contributed by atoms with Crippen molar-refractivity contribution in [3.63, 3.8) is 0 Å². The number of hydrogen-bond acceptors (Lipinski definition) is 3. The van der Waals surface area contributed by atoms with E-state index < -0.39 is 0 Å². The third-order valence-corrected chi connectivity index (χ3v) is 4.36. The highest BCUT2D eigenvalue weighted by molar-refractivity contribution is 7.07. The van der Waals surface area contributed by atoms with Crippen LogP contribution in [0.25, 0.3) is 0 Å². The Hall–Kier alpha value is -1.13. The second kappa shape index (κ2) is 4.27. The van der Waals surface area contributed by atoms with Crippen molar-refractivity contribution in [1.82, 2.24) is 14.9 Å². The Bertz CT molecular complexity index is 480. The summed E-state index contributed by atoms with van der Waals surface area (Å²) in [5.74, 6) is 0. The molecule has 2 aromatic heterocycles. The maximum absolute atomic E-state index is 4.33. The molecule has 0 saturated carbocycles. The smallest absolute Gasteiger partial charge is 0.0951 e. The highest BCUT2D eigenvalue weighted by Gasteiger charge is 2.33. The van der Waals surface area contributed by atoms with E-state index in [0.717, 1.165) is 19.6 Å². The fourth-order valence-corrected chi connectivity index (χ4v) is 3.22. The third-order valence-electron chi connectivity index (χ3n) is 3.63. The SMILES string of the molecule is CC1(c2cncn2Cc2ccsc2)CCNC1. The molecule has 1 atom stereocenters. The minimum atomic E-state index is 0.243. The first-order valence-electron chi connectivity index (χ1n) is 6.00. The molecule has 2 aromatic rings. The molecule has 0 aliphatic carbocycles. The monoisotopic (exact) mass is 247 g/mol. The van der Waals surface area contributed by atoms with E-state index in [2.05, 4.69) is 38.6 Å². The second-order valence-electron chi connectivity index (χ2n) is 5.03. The number of thiophene rings is 1. The first-order valence-corrected chi connectivity index (χ1v) is 6.95. The first kappa shape index (κ1) is 11.0. The van der Waals surface area contributed by atoms with Crippen molar-refractivity contribution >= 4 is 11.3 Å². The summed E-state index contributed by atoms with van der Waals surface area (Å²) in [7, 11) is 0. The van der Waals surface area contributed by atoms with Gasteiger partial charge < -0.3 is 9.88 Å². The van der Waals surface area contributed by atoms with Gasteiger partial charge in [0, 0.05) is 30.4 Å². The van der Waals surface area contributed by atoms with Gasteiger partial charge in [0.05, 0.1) is 6.33 Å². The van der Waals surface area contributed by atoms with Gasteiger partial charge in [-0.2, -0.15) is 11.3 Å². The van der Waals surface area contributed by atoms with Gasteiger partial charge in [-0.25, -0.2) is 4.98 Å². The van der Waals surface area contributed by atoms with Gasteiger partial charge in [0.25, 0.3) is 0 Å². The Morgan fingerprint density at radius 2 is 2.53 bits per heavy atom. The van der Waals surface area contributed by atoms with E-state index >= 15 is 0 Å². The van der Waals surface area contributed by atoms with Crippen LogP contribution in [0.3, 0.4) is 0 Å². The number of nitrogens with zero attached hydrogens (tertiary/aromatic N) is 2. The van der Waals surface area contributed by atoms with Crippen LogP contribution in [-0.4, -0.2) is 22.6 Å². The van der Waals surface area contributed by atoms with Crippen molar-refractivity contribution in [3.8, 4) is 0 Å². The van der Waals surface area contributed by atoms with Gasteiger partial charge in [0.15, 0.2) is 0 Å². The molecule has 1 N–H and O–H groups in total. The molecule has 1 unspecified atom stereocenters. The van der Waals surface area contributed by atoms with Gasteiger partial charge in [0.2, 0.25) is 0 Å². The van der Waals surface area contributed by atoms with Crippen molar-refractivity contribution in [2.45, 2.75) is 25.3 Å². The molecule has 0 aromatic carbocycles. The van der Waals surface area contributed by atoms with Crippen LogP contribution in [-0.2, 0) is 12.0 Å². The zero-order valence-corrected chi connectivity index (χ0v) is 10.8. The predicted molar refractivity (Wildman–Crippen MR) is 70.5 cm³/mol. The molecule has 90 valence electrons. The third kappa shape index (κ3) is 2.03. The Balaban J connectivity index is 1.89. The molecular weight excluding hydrogens is 230 g/mol. The molecule has 1 aliphatic heterocycles. The number of aromatic nitrogens is 2. The molecule has 4 heteroatoms. The van der Waals surface area contributed by atoms with Crippen LogP contribution in [0.2, 0.25) is 0 Å². The zero-order chi connectivity index (χ0) is 11.7. The minimum absolute atomic E-state index is 0.243. The lowest BCUT2D eigenvalue weighted by atomic mass is 9.86. The van der Waals surface area contributed by atoms with Gasteiger partial charge in [0.1, 0.15) is 0 Å². The summed E-state index contributed by atoms with van der Waals surface area (Å²) in [4.78, 5) is 4.33. The molecule has 3 rings (SSSR count). The Kier molecular flexibility index (Phi) is 2.76. The van der Waals surface area contributed by atoms with Gasteiger partial charge in [-0.3, -0.25) is 0 Å². The maximum Gasteiger partial charge on any atom is 0.0951 e. The molecule has 1 aliphatic rings. The van der Waals surface area contributed by atoms with Crippen LogP contribution >= 0.6 is 11.3 Å². The summed E-state index contributed by atoms with van der Waals surface area (Å²) < 4.78 is 2.29. The lowest BCUT2D eigenvalue weighted by molar-refractivity contribution is 0.481. The van der Waals surface area contributed by atoms with E-state index in [-0.39, 0.29) is 5.41 Å². The number of hydrogen-bond donors (Lipinski definition) is 1. The fourth-order valence-electron chi connectivity index (χ4n) is 2.56. The standard InChI is InChI=1S/C13H17N3S/c1-13(3-4-14-9-13)12-6-15-10-16(12)7-11-2-5-17-8-11/h2,5-6,8,10,14H,3-4,7,9H2,1H3. The molecule has 1 fully saturated rings. The predicted octanol–water partition coefficient (Wildman–Crippen LogP) is 2.24. The van der Waals surface area contributed by atoms with Gasteiger partial charge >= 0.3 is 0 Å². The fraction of sp³-hybridized carbons (Fsp3) is 0.462. The zero-order valence-electron chi connectivity index (χ0n) is 10.0. The quantitative estimate of drug-likeness (QED) is 0.901. The summed E-state index contributed by atoms with van der Waals surface area (Å²) in [6.45, 7) is 5.44. The van der Waals surface area contributed by atoms with E-state index in [4.69, 9.17) is 0 Å². The van der Waals surface area contributed by atoms with Gasteiger partial charge in [-0.15, -0.1) is 0 Å². The van der Waals surface area contributed by atoms with Crippen LogP contribution in [0.5, 0.6) is 0 Å². The number of imidazole rings is 1. The van der Waals surface area contributed by atoms with Crippen LogP contribution in [0.4, 0.5) is 0 Å². The molecule has 0 spiro atoms. The molecule has 0 amide bonds. The number of nitrogens with one attached hydrogen (secondary N) is 1. The van der Waals surface area contributed by atoms with Gasteiger partial charge in [-0.1, -0.05) is 6.92 Å². The molecule has 3 heterocycles.